The third kappa shape index (κ3) is 15.1. The van der Waals surface area contributed by atoms with Gasteiger partial charge < -0.3 is 9.47 Å². The summed E-state index contributed by atoms with van der Waals surface area (Å²) in [4.78, 5) is 21.5. The molecule has 0 aliphatic rings. The van der Waals surface area contributed by atoms with Gasteiger partial charge in [0.15, 0.2) is 0 Å². The van der Waals surface area contributed by atoms with E-state index < -0.39 is 0 Å². The first-order valence-corrected chi connectivity index (χ1v) is 8.43. The van der Waals surface area contributed by atoms with Crippen LogP contribution in [0.25, 0.3) is 0 Å². The van der Waals surface area contributed by atoms with Crippen LogP contribution in [0.5, 0.6) is 0 Å². The van der Waals surface area contributed by atoms with Crippen LogP contribution in [0.4, 0.5) is 0 Å². The van der Waals surface area contributed by atoms with Crippen LogP contribution in [0.15, 0.2) is 23.3 Å². The average molecular weight is 324 g/mol. The molecule has 0 saturated carbocycles. The molecule has 0 aromatic heterocycles. The van der Waals surface area contributed by atoms with Crippen molar-refractivity contribution in [3.63, 3.8) is 0 Å². The van der Waals surface area contributed by atoms with Crippen LogP contribution in [0, 0.1) is 0 Å². The van der Waals surface area contributed by atoms with E-state index in [0.717, 1.165) is 38.5 Å². The highest BCUT2D eigenvalue weighted by atomic mass is 16.5. The summed E-state index contributed by atoms with van der Waals surface area (Å²) in [6.45, 7) is 9.56. The Morgan fingerprint density at radius 1 is 0.913 bits per heavy atom. The lowest BCUT2D eigenvalue weighted by molar-refractivity contribution is -0.145. The molecule has 0 N–H and O–H groups in total. The van der Waals surface area contributed by atoms with Gasteiger partial charge in [-0.3, -0.25) is 9.59 Å². The second-order valence-electron chi connectivity index (χ2n) is 6.08. The Kier molecular flexibility index (Phi) is 12.0. The average Bonchev–Trinajstić information content (AvgIpc) is 2.42. The Bertz CT molecular complexity index is 421. The van der Waals surface area contributed by atoms with Gasteiger partial charge in [-0.25, -0.2) is 0 Å². The first kappa shape index (κ1) is 21.4. The minimum absolute atomic E-state index is 0.0177. The number of carbonyl (C=O) groups excluding carboxylic acids is 2. The summed E-state index contributed by atoms with van der Waals surface area (Å²) in [6, 6.07) is 0. The Balaban J connectivity index is 3.83. The second-order valence-corrected chi connectivity index (χ2v) is 6.08. The molecule has 0 spiro atoms. The summed E-state index contributed by atoms with van der Waals surface area (Å²) in [5, 5.41) is 0. The molecule has 0 bridgehead atoms. The SMILES string of the molecule is CC(=O)OCCC/C(C)=C/CC/C(C)=C/CCC(C)OC(C)=O. The zero-order valence-electron chi connectivity index (χ0n) is 15.3. The van der Waals surface area contributed by atoms with Gasteiger partial charge in [-0.05, 0) is 59.3 Å². The van der Waals surface area contributed by atoms with E-state index in [0.29, 0.717) is 6.61 Å². The lowest BCUT2D eigenvalue weighted by Gasteiger charge is -2.10. The topological polar surface area (TPSA) is 52.6 Å². The summed E-state index contributed by atoms with van der Waals surface area (Å²) in [6.07, 6.45) is 10.2. The van der Waals surface area contributed by atoms with Crippen LogP contribution < -0.4 is 0 Å². The highest BCUT2D eigenvalue weighted by Gasteiger charge is 2.03. The fourth-order valence-electron chi connectivity index (χ4n) is 2.22. The number of hydrogen-bond acceptors (Lipinski definition) is 4. The number of allylic oxidation sites excluding steroid dienone is 4. The van der Waals surface area contributed by atoms with Crippen LogP contribution in [0.2, 0.25) is 0 Å². The maximum Gasteiger partial charge on any atom is 0.302 e. The predicted molar refractivity (Wildman–Crippen MR) is 93.1 cm³/mol. The highest BCUT2D eigenvalue weighted by molar-refractivity contribution is 5.66. The van der Waals surface area contributed by atoms with E-state index in [2.05, 4.69) is 26.0 Å². The van der Waals surface area contributed by atoms with Crippen molar-refractivity contribution in [2.24, 2.45) is 0 Å². The van der Waals surface area contributed by atoms with Gasteiger partial charge in [-0.15, -0.1) is 0 Å². The van der Waals surface area contributed by atoms with E-state index >= 15 is 0 Å². The largest absolute Gasteiger partial charge is 0.466 e. The van der Waals surface area contributed by atoms with E-state index in [9.17, 15) is 9.59 Å². The summed E-state index contributed by atoms with van der Waals surface area (Å²) in [5.41, 5.74) is 2.71. The molecule has 0 aromatic rings. The molecule has 132 valence electrons. The molecule has 4 heteroatoms. The molecule has 0 amide bonds. The smallest absolute Gasteiger partial charge is 0.302 e. The van der Waals surface area contributed by atoms with Crippen LogP contribution >= 0.6 is 0 Å². The van der Waals surface area contributed by atoms with Crippen molar-refractivity contribution in [3.8, 4) is 0 Å². The Morgan fingerprint density at radius 2 is 1.52 bits per heavy atom. The van der Waals surface area contributed by atoms with Gasteiger partial charge in [0.2, 0.25) is 0 Å². The van der Waals surface area contributed by atoms with Gasteiger partial charge in [-0.1, -0.05) is 23.3 Å². The molecule has 0 heterocycles. The fraction of sp³-hybridized carbons (Fsp3) is 0.684. The fourth-order valence-corrected chi connectivity index (χ4v) is 2.22. The number of rotatable bonds is 11. The Morgan fingerprint density at radius 3 is 2.13 bits per heavy atom. The minimum atomic E-state index is -0.215. The molecule has 23 heavy (non-hydrogen) atoms. The highest BCUT2D eigenvalue weighted by Crippen LogP contribution is 2.12. The van der Waals surface area contributed by atoms with E-state index in [1.165, 1.54) is 25.0 Å². The molecule has 0 aromatic carbocycles. The molecule has 4 nitrogen and oxygen atoms in total. The lowest BCUT2D eigenvalue weighted by Crippen LogP contribution is -2.11. The van der Waals surface area contributed by atoms with Crippen molar-refractivity contribution in [1.29, 1.82) is 0 Å². The van der Waals surface area contributed by atoms with Gasteiger partial charge in [0.05, 0.1) is 12.7 Å². The second kappa shape index (κ2) is 12.9. The lowest BCUT2D eigenvalue weighted by atomic mass is 10.1. The zero-order valence-corrected chi connectivity index (χ0v) is 15.3. The molecule has 0 fully saturated rings. The van der Waals surface area contributed by atoms with Gasteiger partial charge >= 0.3 is 11.9 Å². The van der Waals surface area contributed by atoms with Crippen molar-refractivity contribution in [3.05, 3.63) is 23.3 Å². The van der Waals surface area contributed by atoms with Crippen LogP contribution in [0.3, 0.4) is 0 Å². The molecular weight excluding hydrogens is 292 g/mol. The summed E-state index contributed by atoms with van der Waals surface area (Å²) >= 11 is 0. The molecule has 0 aliphatic heterocycles. The quantitative estimate of drug-likeness (QED) is 0.313. The zero-order chi connectivity index (χ0) is 17.7. The van der Waals surface area contributed by atoms with Gasteiger partial charge in [-0.2, -0.15) is 0 Å². The van der Waals surface area contributed by atoms with E-state index in [4.69, 9.17) is 9.47 Å². The Labute approximate surface area is 140 Å². The summed E-state index contributed by atoms with van der Waals surface area (Å²) in [7, 11) is 0. The van der Waals surface area contributed by atoms with E-state index in [1.807, 2.05) is 6.92 Å². The van der Waals surface area contributed by atoms with Crippen LogP contribution in [-0.2, 0) is 19.1 Å². The molecule has 0 saturated heterocycles. The van der Waals surface area contributed by atoms with E-state index in [-0.39, 0.29) is 18.0 Å². The number of esters is 2. The first-order chi connectivity index (χ1) is 10.8. The maximum atomic E-state index is 10.8. The van der Waals surface area contributed by atoms with Crippen molar-refractivity contribution >= 4 is 11.9 Å². The molecular formula is C19H32O4. The first-order valence-electron chi connectivity index (χ1n) is 8.43. The molecule has 0 aliphatic carbocycles. The third-order valence-corrected chi connectivity index (χ3v) is 3.49. The van der Waals surface area contributed by atoms with Gasteiger partial charge in [0.1, 0.15) is 0 Å². The molecule has 0 radical (unpaired) electrons. The normalized spacial score (nSPS) is 13.6. The number of carbonyl (C=O) groups is 2. The monoisotopic (exact) mass is 324 g/mol. The van der Waals surface area contributed by atoms with Crippen LogP contribution in [0.1, 0.15) is 73.1 Å². The third-order valence-electron chi connectivity index (χ3n) is 3.49. The van der Waals surface area contributed by atoms with Crippen molar-refractivity contribution in [2.45, 2.75) is 79.2 Å². The van der Waals surface area contributed by atoms with Crippen molar-refractivity contribution in [1.82, 2.24) is 0 Å². The molecule has 0 rings (SSSR count). The predicted octanol–water partition coefficient (Wildman–Crippen LogP) is 4.73. The standard InChI is InChI=1S/C19H32O4/c1-15(11-7-13-17(3)23-19(5)21)9-6-10-16(2)12-8-14-22-18(4)20/h10-11,17H,6-9,12-14H2,1-5H3/b15-11+,16-10+. The van der Waals surface area contributed by atoms with E-state index in [1.54, 1.807) is 0 Å². The summed E-state index contributed by atoms with van der Waals surface area (Å²) < 4.78 is 10.0. The minimum Gasteiger partial charge on any atom is -0.466 e. The van der Waals surface area contributed by atoms with Crippen molar-refractivity contribution < 1.29 is 19.1 Å². The maximum absolute atomic E-state index is 10.8. The van der Waals surface area contributed by atoms with Crippen molar-refractivity contribution in [2.75, 3.05) is 6.61 Å². The van der Waals surface area contributed by atoms with Gasteiger partial charge in [0, 0.05) is 13.8 Å². The summed E-state index contributed by atoms with van der Waals surface area (Å²) in [5.74, 6) is -0.428. The molecule has 1 unspecified atom stereocenters. The van der Waals surface area contributed by atoms with Gasteiger partial charge in [0.25, 0.3) is 0 Å². The number of hydrogen-bond donors (Lipinski definition) is 0. The number of ether oxygens (including phenoxy) is 2. The van der Waals surface area contributed by atoms with Crippen LogP contribution in [-0.4, -0.2) is 24.6 Å². The Hall–Kier alpha value is -1.58. The molecule has 1 atom stereocenters.